The minimum absolute atomic E-state index is 0.329. The van der Waals surface area contributed by atoms with Gasteiger partial charge in [-0.15, -0.1) is 0 Å². The molecule has 1 N–H and O–H groups in total. The molecule has 33 heavy (non-hydrogen) atoms. The van der Waals surface area contributed by atoms with Gasteiger partial charge in [0.05, 0.1) is 13.2 Å². The van der Waals surface area contributed by atoms with Gasteiger partial charge in [0.1, 0.15) is 11.8 Å². The molecule has 0 aliphatic carbocycles. The van der Waals surface area contributed by atoms with Gasteiger partial charge in [-0.1, -0.05) is 74.0 Å². The Labute approximate surface area is 198 Å². The Morgan fingerprint density at radius 2 is 1.64 bits per heavy atom. The number of halogens is 1. The fraction of sp³-hybridized carbons (Fsp3) is 0.259. The molecule has 3 aromatic rings. The maximum Gasteiger partial charge on any atom is 0.326 e. The van der Waals surface area contributed by atoms with Crippen LogP contribution in [0.25, 0.3) is 11.1 Å². The van der Waals surface area contributed by atoms with Crippen molar-refractivity contribution in [2.24, 2.45) is 5.41 Å². The van der Waals surface area contributed by atoms with Gasteiger partial charge in [-0.05, 0) is 47.2 Å². The molecule has 0 spiro atoms. The Balaban J connectivity index is 1.74. The smallest absolute Gasteiger partial charge is 0.326 e. The summed E-state index contributed by atoms with van der Waals surface area (Å²) in [5.41, 5.74) is 2.53. The van der Waals surface area contributed by atoms with Gasteiger partial charge in [0.2, 0.25) is 0 Å². The van der Waals surface area contributed by atoms with Crippen molar-refractivity contribution in [1.82, 2.24) is 4.90 Å². The lowest BCUT2D eigenvalue weighted by Gasteiger charge is -2.34. The Kier molecular flexibility index (Phi) is 6.17. The summed E-state index contributed by atoms with van der Waals surface area (Å²) in [6.45, 7) is 3.96. The van der Waals surface area contributed by atoms with Crippen molar-refractivity contribution in [3.05, 3.63) is 88.9 Å². The lowest BCUT2D eigenvalue weighted by atomic mass is 9.80. The number of ether oxygens (including phenoxy) is 1. The quantitative estimate of drug-likeness (QED) is 0.497. The predicted octanol–water partition coefficient (Wildman–Crippen LogP) is 6.08. The van der Waals surface area contributed by atoms with Crippen LogP contribution in [0, 0.1) is 5.41 Å². The lowest BCUT2D eigenvalue weighted by Crippen LogP contribution is -2.42. The summed E-state index contributed by atoms with van der Waals surface area (Å²) in [4.78, 5) is 27.4. The van der Waals surface area contributed by atoms with E-state index in [1.54, 1.807) is 25.3 Å². The number of carboxylic acid groups (broad SMARTS) is 1. The number of benzene rings is 3. The van der Waals surface area contributed by atoms with Crippen LogP contribution in [0.2, 0.25) is 5.02 Å². The zero-order chi connectivity index (χ0) is 23.8. The average molecular weight is 464 g/mol. The van der Waals surface area contributed by atoms with Gasteiger partial charge >= 0.3 is 5.97 Å². The van der Waals surface area contributed by atoms with Crippen LogP contribution in [0.1, 0.15) is 42.2 Å². The van der Waals surface area contributed by atoms with Crippen LogP contribution in [0.3, 0.4) is 0 Å². The number of hydrogen-bond donors (Lipinski definition) is 1. The highest BCUT2D eigenvalue weighted by molar-refractivity contribution is 6.31. The number of likely N-dealkylation sites (tertiary alicyclic amines) is 1. The largest absolute Gasteiger partial charge is 0.496 e. The molecule has 1 heterocycles. The van der Waals surface area contributed by atoms with Crippen molar-refractivity contribution < 1.29 is 19.4 Å². The number of carboxylic acids is 1. The molecule has 2 unspecified atom stereocenters. The molecule has 0 saturated carbocycles. The number of aliphatic carboxylic acids is 1. The monoisotopic (exact) mass is 463 g/mol. The molecule has 0 aromatic heterocycles. The summed E-state index contributed by atoms with van der Waals surface area (Å²) in [7, 11) is 1.62. The molecule has 1 aliphatic heterocycles. The first kappa shape index (κ1) is 22.9. The molecule has 4 rings (SSSR count). The molecule has 3 aromatic carbocycles. The number of amides is 1. The third-order valence-corrected chi connectivity index (χ3v) is 6.69. The second-order valence-electron chi connectivity index (χ2n) is 8.96. The van der Waals surface area contributed by atoms with Crippen LogP contribution in [-0.2, 0) is 4.79 Å². The molecule has 6 heteroatoms. The van der Waals surface area contributed by atoms with Crippen molar-refractivity contribution in [3.63, 3.8) is 0 Å². The molecule has 170 valence electrons. The summed E-state index contributed by atoms with van der Waals surface area (Å²) >= 11 is 6.49. The number of carbonyl (C=O) groups is 2. The molecule has 0 bridgehead atoms. The van der Waals surface area contributed by atoms with E-state index in [2.05, 4.69) is 0 Å². The summed E-state index contributed by atoms with van der Waals surface area (Å²) in [6, 6.07) is 20.7. The van der Waals surface area contributed by atoms with E-state index in [1.165, 1.54) is 4.90 Å². The summed E-state index contributed by atoms with van der Waals surface area (Å²) in [6.07, 6.45) is 0.337. The van der Waals surface area contributed by atoms with Crippen LogP contribution in [0.5, 0.6) is 5.75 Å². The minimum Gasteiger partial charge on any atom is -0.496 e. The zero-order valence-electron chi connectivity index (χ0n) is 18.8. The molecular formula is C27H26ClNO4. The molecule has 1 aliphatic rings. The fourth-order valence-corrected chi connectivity index (χ4v) is 5.06. The second kappa shape index (κ2) is 8.91. The summed E-state index contributed by atoms with van der Waals surface area (Å²) in [5.74, 6) is -0.608. The zero-order valence-corrected chi connectivity index (χ0v) is 19.5. The van der Waals surface area contributed by atoms with E-state index in [0.29, 0.717) is 17.0 Å². The first-order valence-electron chi connectivity index (χ1n) is 10.8. The van der Waals surface area contributed by atoms with E-state index in [9.17, 15) is 14.7 Å². The number of rotatable bonds is 5. The SMILES string of the molecule is COc1ccccc1-c1ccc(C(=O)N2C(C(=O)O)CC(C)(C)C2c2ccccc2Cl)cc1. The normalized spacial score (nSPS) is 19.3. The minimum atomic E-state index is -1.02. The van der Waals surface area contributed by atoms with Crippen molar-refractivity contribution in [2.45, 2.75) is 32.4 Å². The topological polar surface area (TPSA) is 66.8 Å². The summed E-state index contributed by atoms with van der Waals surface area (Å²) < 4.78 is 5.44. The van der Waals surface area contributed by atoms with Gasteiger partial charge in [0.15, 0.2) is 0 Å². The highest BCUT2D eigenvalue weighted by Crippen LogP contribution is 2.51. The maximum absolute atomic E-state index is 13.7. The van der Waals surface area contributed by atoms with E-state index in [4.69, 9.17) is 16.3 Å². The van der Waals surface area contributed by atoms with Crippen LogP contribution in [0.15, 0.2) is 72.8 Å². The third kappa shape index (κ3) is 4.21. The van der Waals surface area contributed by atoms with Gasteiger partial charge in [-0.2, -0.15) is 0 Å². The van der Waals surface area contributed by atoms with Crippen molar-refractivity contribution in [3.8, 4) is 16.9 Å². The van der Waals surface area contributed by atoms with Gasteiger partial charge in [-0.3, -0.25) is 4.79 Å². The molecule has 1 amide bonds. The van der Waals surface area contributed by atoms with Crippen LogP contribution in [0.4, 0.5) is 0 Å². The first-order chi connectivity index (χ1) is 15.7. The fourth-order valence-electron chi connectivity index (χ4n) is 4.82. The number of methoxy groups -OCH3 is 1. The van der Waals surface area contributed by atoms with E-state index >= 15 is 0 Å². The van der Waals surface area contributed by atoms with Crippen molar-refractivity contribution in [2.75, 3.05) is 7.11 Å². The Morgan fingerprint density at radius 1 is 1.00 bits per heavy atom. The molecular weight excluding hydrogens is 438 g/mol. The molecule has 1 saturated heterocycles. The highest BCUT2D eigenvalue weighted by atomic mass is 35.5. The van der Waals surface area contributed by atoms with Crippen LogP contribution >= 0.6 is 11.6 Å². The third-order valence-electron chi connectivity index (χ3n) is 6.34. The number of carbonyl (C=O) groups excluding carboxylic acids is 1. The van der Waals surface area contributed by atoms with E-state index in [0.717, 1.165) is 22.4 Å². The average Bonchev–Trinajstić information content (AvgIpc) is 3.10. The van der Waals surface area contributed by atoms with Crippen molar-refractivity contribution in [1.29, 1.82) is 0 Å². The number of nitrogens with zero attached hydrogens (tertiary/aromatic N) is 1. The first-order valence-corrected chi connectivity index (χ1v) is 11.2. The van der Waals surface area contributed by atoms with Gasteiger partial charge < -0.3 is 14.7 Å². The summed E-state index contributed by atoms with van der Waals surface area (Å²) in [5, 5.41) is 10.5. The van der Waals surface area contributed by atoms with Crippen LogP contribution in [-0.4, -0.2) is 35.0 Å². The number of hydrogen-bond acceptors (Lipinski definition) is 3. The van der Waals surface area contributed by atoms with Gasteiger partial charge in [-0.25, -0.2) is 4.79 Å². The van der Waals surface area contributed by atoms with Crippen molar-refractivity contribution >= 4 is 23.5 Å². The van der Waals surface area contributed by atoms with Gasteiger partial charge in [0, 0.05) is 16.1 Å². The predicted molar refractivity (Wildman–Crippen MR) is 129 cm³/mol. The number of para-hydroxylation sites is 1. The Bertz CT molecular complexity index is 1190. The van der Waals surface area contributed by atoms with Crippen LogP contribution < -0.4 is 4.74 Å². The van der Waals surface area contributed by atoms with E-state index in [1.807, 2.05) is 68.4 Å². The molecule has 2 atom stereocenters. The standard InChI is InChI=1S/C27H26ClNO4/c1-27(2)16-22(26(31)32)29(24(27)20-9-4-6-10-21(20)28)25(30)18-14-12-17(13-15-18)19-8-5-7-11-23(19)33-3/h4-15,22,24H,16H2,1-3H3,(H,31,32). The molecule has 5 nitrogen and oxygen atoms in total. The maximum atomic E-state index is 13.7. The molecule has 0 radical (unpaired) electrons. The lowest BCUT2D eigenvalue weighted by molar-refractivity contribution is -0.141. The highest BCUT2D eigenvalue weighted by Gasteiger charge is 2.52. The van der Waals surface area contributed by atoms with E-state index < -0.39 is 23.5 Å². The Hall–Kier alpha value is -3.31. The molecule has 1 fully saturated rings. The second-order valence-corrected chi connectivity index (χ2v) is 9.37. The Morgan fingerprint density at radius 3 is 2.27 bits per heavy atom. The van der Waals surface area contributed by atoms with E-state index in [-0.39, 0.29) is 5.91 Å². The van der Waals surface area contributed by atoms with Gasteiger partial charge in [0.25, 0.3) is 5.91 Å².